The second kappa shape index (κ2) is 5.46. The van der Waals surface area contributed by atoms with Gasteiger partial charge in [0.15, 0.2) is 0 Å². The topological polar surface area (TPSA) is 64.3 Å². The van der Waals surface area contributed by atoms with Gasteiger partial charge in [0.2, 0.25) is 5.95 Å². The molecule has 5 nitrogen and oxygen atoms in total. The van der Waals surface area contributed by atoms with Crippen LogP contribution >= 0.6 is 0 Å². The molecule has 0 bridgehead atoms. The number of para-hydroxylation sites is 1. The van der Waals surface area contributed by atoms with Crippen molar-refractivity contribution in [1.82, 2.24) is 14.9 Å². The van der Waals surface area contributed by atoms with Gasteiger partial charge in [0.25, 0.3) is 0 Å². The van der Waals surface area contributed by atoms with Gasteiger partial charge in [0.1, 0.15) is 5.75 Å². The van der Waals surface area contributed by atoms with Crippen LogP contribution in [0.15, 0.2) is 30.5 Å². The van der Waals surface area contributed by atoms with Crippen LogP contribution in [0, 0.1) is 0 Å². The monoisotopic (exact) mass is 270 g/mol. The first-order chi connectivity index (χ1) is 9.76. The Morgan fingerprint density at radius 1 is 1.35 bits per heavy atom. The summed E-state index contributed by atoms with van der Waals surface area (Å²) in [5.74, 6) is 1.30. The van der Waals surface area contributed by atoms with E-state index < -0.39 is 0 Å². The second-order valence-corrected chi connectivity index (χ2v) is 4.97. The minimum absolute atomic E-state index is 0.363. The summed E-state index contributed by atoms with van der Waals surface area (Å²) in [6.45, 7) is 2.70. The second-order valence-electron chi connectivity index (χ2n) is 4.97. The SMILES string of the molecule is COc1ccccc1CN1CCc2nc(N)ncc2C1. The van der Waals surface area contributed by atoms with Crippen molar-refractivity contribution in [3.05, 3.63) is 47.3 Å². The van der Waals surface area contributed by atoms with Gasteiger partial charge < -0.3 is 10.5 Å². The molecule has 1 aliphatic rings. The lowest BCUT2D eigenvalue weighted by molar-refractivity contribution is 0.239. The number of methoxy groups -OCH3 is 1. The van der Waals surface area contributed by atoms with Crippen molar-refractivity contribution >= 4 is 5.95 Å². The zero-order valence-electron chi connectivity index (χ0n) is 11.5. The third kappa shape index (κ3) is 2.58. The molecule has 104 valence electrons. The Balaban J connectivity index is 1.76. The fourth-order valence-corrected chi connectivity index (χ4v) is 2.60. The molecule has 0 fully saturated rings. The summed E-state index contributed by atoms with van der Waals surface area (Å²) < 4.78 is 5.40. The number of ether oxygens (including phenoxy) is 1. The Morgan fingerprint density at radius 3 is 3.05 bits per heavy atom. The number of hydrogen-bond donors (Lipinski definition) is 1. The van der Waals surface area contributed by atoms with Crippen LogP contribution < -0.4 is 10.5 Å². The first kappa shape index (κ1) is 12.9. The summed E-state index contributed by atoms with van der Waals surface area (Å²) in [7, 11) is 1.71. The van der Waals surface area contributed by atoms with Crippen LogP contribution in [0.4, 0.5) is 5.95 Å². The van der Waals surface area contributed by atoms with Crippen LogP contribution in [0.25, 0.3) is 0 Å². The molecule has 0 saturated carbocycles. The van der Waals surface area contributed by atoms with E-state index in [-0.39, 0.29) is 0 Å². The molecule has 3 rings (SSSR count). The van der Waals surface area contributed by atoms with Gasteiger partial charge in [-0.2, -0.15) is 0 Å². The molecular weight excluding hydrogens is 252 g/mol. The number of aromatic nitrogens is 2. The maximum Gasteiger partial charge on any atom is 0.220 e. The average molecular weight is 270 g/mol. The number of nitrogens with zero attached hydrogens (tertiary/aromatic N) is 3. The first-order valence-electron chi connectivity index (χ1n) is 6.71. The fourth-order valence-electron chi connectivity index (χ4n) is 2.60. The molecule has 0 aliphatic carbocycles. The Labute approximate surface area is 118 Å². The van der Waals surface area contributed by atoms with Crippen molar-refractivity contribution in [2.24, 2.45) is 0 Å². The van der Waals surface area contributed by atoms with E-state index in [0.717, 1.165) is 37.5 Å². The quantitative estimate of drug-likeness (QED) is 0.918. The van der Waals surface area contributed by atoms with Gasteiger partial charge in [-0.3, -0.25) is 4.90 Å². The molecule has 0 amide bonds. The molecule has 1 aliphatic heterocycles. The van der Waals surface area contributed by atoms with Gasteiger partial charge in [-0.05, 0) is 6.07 Å². The number of nitrogens with two attached hydrogens (primary N) is 1. The third-order valence-corrected chi connectivity index (χ3v) is 3.62. The van der Waals surface area contributed by atoms with Crippen molar-refractivity contribution < 1.29 is 4.74 Å². The summed E-state index contributed by atoms with van der Waals surface area (Å²) >= 11 is 0. The largest absolute Gasteiger partial charge is 0.496 e. The van der Waals surface area contributed by atoms with Crippen LogP contribution in [-0.2, 0) is 19.5 Å². The number of fused-ring (bicyclic) bond motifs is 1. The summed E-state index contributed by atoms with van der Waals surface area (Å²) in [6.07, 6.45) is 2.75. The molecule has 0 atom stereocenters. The number of hydrogen-bond acceptors (Lipinski definition) is 5. The Hall–Kier alpha value is -2.14. The molecule has 0 radical (unpaired) electrons. The zero-order valence-corrected chi connectivity index (χ0v) is 11.5. The molecule has 0 saturated heterocycles. The van der Waals surface area contributed by atoms with E-state index >= 15 is 0 Å². The van der Waals surface area contributed by atoms with E-state index in [1.165, 1.54) is 11.1 Å². The number of rotatable bonds is 3. The fraction of sp³-hybridized carbons (Fsp3) is 0.333. The average Bonchev–Trinajstić information content (AvgIpc) is 2.48. The van der Waals surface area contributed by atoms with Gasteiger partial charge in [-0.25, -0.2) is 9.97 Å². The molecule has 0 spiro atoms. The smallest absolute Gasteiger partial charge is 0.220 e. The highest BCUT2D eigenvalue weighted by Gasteiger charge is 2.19. The number of nitrogen functional groups attached to an aromatic ring is 1. The molecule has 2 N–H and O–H groups in total. The molecule has 0 unspecified atom stereocenters. The molecule has 20 heavy (non-hydrogen) atoms. The van der Waals surface area contributed by atoms with Crippen LogP contribution in [-0.4, -0.2) is 28.5 Å². The highest BCUT2D eigenvalue weighted by atomic mass is 16.5. The number of benzene rings is 1. The highest BCUT2D eigenvalue weighted by Crippen LogP contribution is 2.23. The molecule has 1 aromatic heterocycles. The molecular formula is C15H18N4O. The Kier molecular flexibility index (Phi) is 3.52. The third-order valence-electron chi connectivity index (χ3n) is 3.62. The van der Waals surface area contributed by atoms with Crippen molar-refractivity contribution in [1.29, 1.82) is 0 Å². The van der Waals surface area contributed by atoms with Gasteiger partial charge in [0.05, 0.1) is 12.8 Å². The summed E-state index contributed by atoms with van der Waals surface area (Å²) in [5, 5.41) is 0. The Bertz CT molecular complexity index is 615. The van der Waals surface area contributed by atoms with Crippen molar-refractivity contribution in [3.8, 4) is 5.75 Å². The first-order valence-corrected chi connectivity index (χ1v) is 6.71. The van der Waals surface area contributed by atoms with Gasteiger partial charge in [0, 0.05) is 43.4 Å². The van der Waals surface area contributed by atoms with E-state index in [1.54, 1.807) is 7.11 Å². The van der Waals surface area contributed by atoms with Crippen molar-refractivity contribution in [3.63, 3.8) is 0 Å². The van der Waals surface area contributed by atoms with Crippen LogP contribution in [0.5, 0.6) is 5.75 Å². The van der Waals surface area contributed by atoms with Crippen molar-refractivity contribution in [2.45, 2.75) is 19.5 Å². The van der Waals surface area contributed by atoms with E-state index in [9.17, 15) is 0 Å². The summed E-state index contributed by atoms with van der Waals surface area (Å²) in [5.41, 5.74) is 9.07. The van der Waals surface area contributed by atoms with Gasteiger partial charge >= 0.3 is 0 Å². The van der Waals surface area contributed by atoms with Crippen LogP contribution in [0.3, 0.4) is 0 Å². The molecule has 2 aromatic rings. The molecule has 2 heterocycles. The minimum Gasteiger partial charge on any atom is -0.496 e. The normalized spacial score (nSPS) is 14.8. The maximum absolute atomic E-state index is 5.63. The van der Waals surface area contributed by atoms with E-state index in [2.05, 4.69) is 20.9 Å². The van der Waals surface area contributed by atoms with Crippen LogP contribution in [0.2, 0.25) is 0 Å². The standard InChI is InChI=1S/C15H18N4O/c1-20-14-5-3-2-4-11(14)9-19-7-6-13-12(10-19)8-17-15(16)18-13/h2-5,8H,6-7,9-10H2,1H3,(H2,16,17,18). The Morgan fingerprint density at radius 2 is 2.20 bits per heavy atom. The van der Waals surface area contributed by atoms with Crippen LogP contribution in [0.1, 0.15) is 16.8 Å². The lowest BCUT2D eigenvalue weighted by Crippen LogP contribution is -2.31. The van der Waals surface area contributed by atoms with Gasteiger partial charge in [-0.15, -0.1) is 0 Å². The van der Waals surface area contributed by atoms with E-state index in [1.807, 2.05) is 24.4 Å². The lowest BCUT2D eigenvalue weighted by atomic mass is 10.1. The number of anilines is 1. The maximum atomic E-state index is 5.63. The minimum atomic E-state index is 0.363. The lowest BCUT2D eigenvalue weighted by Gasteiger charge is -2.28. The predicted molar refractivity (Wildman–Crippen MR) is 77.3 cm³/mol. The van der Waals surface area contributed by atoms with Gasteiger partial charge in [-0.1, -0.05) is 18.2 Å². The van der Waals surface area contributed by atoms with E-state index in [4.69, 9.17) is 10.5 Å². The zero-order chi connectivity index (χ0) is 13.9. The molecule has 1 aromatic carbocycles. The summed E-state index contributed by atoms with van der Waals surface area (Å²) in [6, 6.07) is 8.13. The highest BCUT2D eigenvalue weighted by molar-refractivity contribution is 5.33. The summed E-state index contributed by atoms with van der Waals surface area (Å²) in [4.78, 5) is 10.8. The van der Waals surface area contributed by atoms with Crippen molar-refractivity contribution in [2.75, 3.05) is 19.4 Å². The molecule has 5 heteroatoms. The predicted octanol–water partition coefficient (Wildman–Crippen LogP) is 1.63. The van der Waals surface area contributed by atoms with E-state index in [0.29, 0.717) is 5.95 Å².